The number of hydrogen-bond donors (Lipinski definition) is 0. The first-order valence-electron chi connectivity index (χ1n) is 11.1. The third-order valence-electron chi connectivity index (χ3n) is 6.35. The van der Waals surface area contributed by atoms with Crippen LogP contribution in [0.2, 0.25) is 0 Å². The van der Waals surface area contributed by atoms with Crippen LogP contribution < -0.4 is 0 Å². The normalized spacial score (nSPS) is 11.5. The van der Waals surface area contributed by atoms with Gasteiger partial charge >= 0.3 is 0 Å². The molecule has 0 aliphatic carbocycles. The topological polar surface area (TPSA) is 0 Å². The van der Waals surface area contributed by atoms with E-state index in [2.05, 4.69) is 0 Å². The summed E-state index contributed by atoms with van der Waals surface area (Å²) in [5.41, 5.74) is 1.48. The van der Waals surface area contributed by atoms with Crippen molar-refractivity contribution in [3.63, 3.8) is 0 Å². The lowest BCUT2D eigenvalue weighted by Crippen LogP contribution is -2.05. The quantitative estimate of drug-likeness (QED) is 0.0978. The van der Waals surface area contributed by atoms with E-state index in [9.17, 15) is 13.2 Å². The molecule has 1 aromatic heterocycles. The van der Waals surface area contributed by atoms with E-state index in [-0.39, 0.29) is 5.56 Å². The van der Waals surface area contributed by atoms with E-state index in [1.54, 1.807) is 30.3 Å². The van der Waals surface area contributed by atoms with Crippen LogP contribution in [0.5, 0.6) is 0 Å². The Hall–Kier alpha value is -4.03. The van der Waals surface area contributed by atoms with Gasteiger partial charge in [-0.15, -0.1) is 11.3 Å². The molecular weight excluding hydrogens is 487 g/mol. The van der Waals surface area contributed by atoms with Crippen molar-refractivity contribution >= 4 is 32.9 Å². The van der Waals surface area contributed by atoms with E-state index in [0.717, 1.165) is 21.6 Å². The number of hydrogen-bond acceptors (Lipinski definition) is 1. The molecule has 176 valence electrons. The van der Waals surface area contributed by atoms with Gasteiger partial charge in [-0.3, -0.25) is 0 Å². The smallest absolute Gasteiger partial charge is 0.200 e. The summed E-state index contributed by atoms with van der Waals surface area (Å²) in [5.74, 6) is -9.83. The van der Waals surface area contributed by atoms with E-state index in [1.807, 2.05) is 60.0 Å². The summed E-state index contributed by atoms with van der Waals surface area (Å²) in [4.78, 5) is 0.912. The van der Waals surface area contributed by atoms with Crippen LogP contribution in [-0.4, -0.2) is 0 Å². The lowest BCUT2D eigenvalue weighted by atomic mass is 9.85. The van der Waals surface area contributed by atoms with Crippen LogP contribution >= 0.6 is 11.3 Å². The maximum atomic E-state index is 15.2. The maximum Gasteiger partial charge on any atom is 0.200 e. The number of fused-ring (bicyclic) bond motifs is 2. The predicted octanol–water partition coefficient (Wildman–Crippen LogP) is 9.75. The second-order valence-corrected chi connectivity index (χ2v) is 9.29. The van der Waals surface area contributed by atoms with Gasteiger partial charge in [-0.05, 0) is 55.7 Å². The molecule has 0 spiro atoms. The minimum atomic E-state index is -2.18. The monoisotopic (exact) mass is 502 g/mol. The Morgan fingerprint density at radius 1 is 0.417 bits per heavy atom. The highest BCUT2D eigenvalue weighted by Gasteiger charge is 2.29. The summed E-state index contributed by atoms with van der Waals surface area (Å²) in [6.07, 6.45) is 0. The van der Waals surface area contributed by atoms with Crippen LogP contribution in [0.1, 0.15) is 0 Å². The summed E-state index contributed by atoms with van der Waals surface area (Å²) in [7, 11) is 0. The lowest BCUT2D eigenvalue weighted by Gasteiger charge is -2.19. The van der Waals surface area contributed by atoms with Crippen molar-refractivity contribution in [1.82, 2.24) is 0 Å². The molecule has 0 aliphatic rings. The highest BCUT2D eigenvalue weighted by molar-refractivity contribution is 7.13. The van der Waals surface area contributed by atoms with Gasteiger partial charge in [-0.1, -0.05) is 72.8 Å². The molecule has 0 N–H and O–H groups in total. The first-order chi connectivity index (χ1) is 17.5. The van der Waals surface area contributed by atoms with Gasteiger partial charge in [0, 0.05) is 10.4 Å². The van der Waals surface area contributed by atoms with E-state index < -0.39 is 34.6 Å². The summed E-state index contributed by atoms with van der Waals surface area (Å²) in [6.45, 7) is 0. The van der Waals surface area contributed by atoms with Gasteiger partial charge in [0.25, 0.3) is 0 Å². The molecule has 6 rings (SSSR count). The molecule has 0 radical (unpaired) electrons. The van der Waals surface area contributed by atoms with Crippen molar-refractivity contribution < 1.29 is 22.0 Å². The molecule has 0 saturated carbocycles. The second kappa shape index (κ2) is 8.57. The van der Waals surface area contributed by atoms with Crippen molar-refractivity contribution in [2.75, 3.05) is 0 Å². The molecule has 0 unspecified atom stereocenters. The van der Waals surface area contributed by atoms with E-state index >= 15 is 8.78 Å². The SMILES string of the molecule is Fc1c(F)c(F)c(-c2c3ccccc3c(-c3ccccc3)c3ccc(-c4cccs4)cc23)c(F)c1F. The van der Waals surface area contributed by atoms with Gasteiger partial charge in [0.15, 0.2) is 23.3 Å². The fourth-order valence-corrected chi connectivity index (χ4v) is 5.51. The lowest BCUT2D eigenvalue weighted by molar-refractivity contribution is 0.381. The molecule has 0 fully saturated rings. The molecule has 0 amide bonds. The zero-order valence-corrected chi connectivity index (χ0v) is 19.3. The zero-order valence-electron chi connectivity index (χ0n) is 18.5. The van der Waals surface area contributed by atoms with E-state index in [0.29, 0.717) is 21.5 Å². The molecule has 0 aliphatic heterocycles. The summed E-state index contributed by atoms with van der Waals surface area (Å²) < 4.78 is 73.1. The highest BCUT2D eigenvalue weighted by Crippen LogP contribution is 2.46. The molecule has 6 aromatic rings. The Bertz CT molecular complexity index is 1740. The predicted molar refractivity (Wildman–Crippen MR) is 135 cm³/mol. The zero-order chi connectivity index (χ0) is 25.0. The molecule has 0 saturated heterocycles. The van der Waals surface area contributed by atoms with Crippen LogP contribution in [0.15, 0.2) is 90.3 Å². The van der Waals surface area contributed by atoms with Crippen LogP contribution in [-0.2, 0) is 0 Å². The van der Waals surface area contributed by atoms with Crippen molar-refractivity contribution in [3.05, 3.63) is 119 Å². The minimum absolute atomic E-state index is 0.0357. The van der Waals surface area contributed by atoms with Crippen molar-refractivity contribution in [2.24, 2.45) is 0 Å². The van der Waals surface area contributed by atoms with Gasteiger partial charge in [-0.2, -0.15) is 0 Å². The Balaban J connectivity index is 1.86. The fourth-order valence-electron chi connectivity index (χ4n) is 4.78. The van der Waals surface area contributed by atoms with Crippen LogP contribution in [0.25, 0.3) is 54.2 Å². The largest absolute Gasteiger partial charge is 0.203 e. The Labute approximate surface area is 206 Å². The highest BCUT2D eigenvalue weighted by atomic mass is 32.1. The van der Waals surface area contributed by atoms with Crippen LogP contribution in [0.4, 0.5) is 22.0 Å². The molecule has 0 atom stereocenters. The molecule has 1 heterocycles. The first-order valence-corrected chi connectivity index (χ1v) is 11.9. The third-order valence-corrected chi connectivity index (χ3v) is 7.27. The Morgan fingerprint density at radius 3 is 1.64 bits per heavy atom. The number of thiophene rings is 1. The summed E-state index contributed by atoms with van der Waals surface area (Å²) in [5, 5.41) is 3.95. The third kappa shape index (κ3) is 3.33. The van der Waals surface area contributed by atoms with Gasteiger partial charge in [-0.25, -0.2) is 22.0 Å². The van der Waals surface area contributed by atoms with Gasteiger partial charge in [0.05, 0.1) is 5.56 Å². The number of rotatable bonds is 3. The van der Waals surface area contributed by atoms with Gasteiger partial charge < -0.3 is 0 Å². The molecular formula is C30H15F5S. The van der Waals surface area contributed by atoms with E-state index in [4.69, 9.17) is 0 Å². The van der Waals surface area contributed by atoms with Crippen molar-refractivity contribution in [1.29, 1.82) is 0 Å². The number of benzene rings is 5. The molecule has 5 aromatic carbocycles. The van der Waals surface area contributed by atoms with Gasteiger partial charge in [0.1, 0.15) is 0 Å². The van der Waals surface area contributed by atoms with E-state index in [1.165, 1.54) is 11.3 Å². The average Bonchev–Trinajstić information content (AvgIpc) is 3.46. The van der Waals surface area contributed by atoms with Crippen LogP contribution in [0, 0.1) is 29.1 Å². The second-order valence-electron chi connectivity index (χ2n) is 8.34. The first kappa shape index (κ1) is 22.4. The van der Waals surface area contributed by atoms with Gasteiger partial charge in [0.2, 0.25) is 5.82 Å². The van der Waals surface area contributed by atoms with Crippen molar-refractivity contribution in [3.8, 4) is 32.7 Å². The van der Waals surface area contributed by atoms with Crippen LogP contribution in [0.3, 0.4) is 0 Å². The summed E-state index contributed by atoms with van der Waals surface area (Å²) in [6, 6.07) is 25.7. The molecule has 6 heteroatoms. The summed E-state index contributed by atoms with van der Waals surface area (Å²) >= 11 is 1.49. The Morgan fingerprint density at radius 2 is 1.00 bits per heavy atom. The standard InChI is InChI=1S/C30H15F5S/c31-26-25(27(32)29(34)30(35)28(26)33)24-19-10-5-4-9-18(19)23(16-7-2-1-3-8-16)20-13-12-17(15-21(20)24)22-11-6-14-36-22/h1-15H. The minimum Gasteiger partial charge on any atom is -0.203 e. The molecule has 0 bridgehead atoms. The number of halogens is 5. The Kier molecular flexibility index (Phi) is 5.34. The molecule has 36 heavy (non-hydrogen) atoms. The van der Waals surface area contributed by atoms with Crippen molar-refractivity contribution in [2.45, 2.75) is 0 Å². The maximum absolute atomic E-state index is 15.2. The molecule has 0 nitrogen and oxygen atoms in total. The average molecular weight is 503 g/mol. The fraction of sp³-hybridized carbons (Fsp3) is 0.